The first-order valence-electron chi connectivity index (χ1n) is 13.0. The first-order chi connectivity index (χ1) is 20.3. The van der Waals surface area contributed by atoms with Gasteiger partial charge in [0.05, 0.1) is 23.8 Å². The maximum Gasteiger partial charge on any atom is 0.416 e. The SMILES string of the molecule is COc1cc(F)c(C(C)C)cc1-c1ccc(C(F)(F)F)cc1[C@@H](OC=O)[C@@H](C)NCc1cc(C(F)(F)F)cc(C(F)(F)F)c1. The van der Waals surface area contributed by atoms with Gasteiger partial charge < -0.3 is 14.8 Å². The molecule has 0 aliphatic carbocycles. The molecule has 0 heterocycles. The van der Waals surface area contributed by atoms with Crippen LogP contribution < -0.4 is 10.1 Å². The van der Waals surface area contributed by atoms with E-state index in [-0.39, 0.29) is 46.5 Å². The van der Waals surface area contributed by atoms with Gasteiger partial charge in [0.15, 0.2) is 0 Å². The lowest BCUT2D eigenvalue weighted by molar-refractivity contribution is -0.143. The van der Waals surface area contributed by atoms with Gasteiger partial charge in [0, 0.05) is 29.8 Å². The zero-order valence-corrected chi connectivity index (χ0v) is 23.6. The van der Waals surface area contributed by atoms with E-state index in [0.29, 0.717) is 18.2 Å². The number of rotatable bonds is 10. The Bertz CT molecular complexity index is 1450. The van der Waals surface area contributed by atoms with Crippen LogP contribution in [0.5, 0.6) is 5.75 Å². The third-order valence-corrected chi connectivity index (χ3v) is 6.85. The van der Waals surface area contributed by atoms with E-state index in [1.165, 1.54) is 20.1 Å². The van der Waals surface area contributed by atoms with Crippen molar-refractivity contribution in [1.29, 1.82) is 0 Å². The van der Waals surface area contributed by atoms with Crippen molar-refractivity contribution in [3.05, 3.63) is 87.7 Å². The average Bonchev–Trinajstić information content (AvgIpc) is 2.92. The summed E-state index contributed by atoms with van der Waals surface area (Å²) in [6.07, 6.45) is -16.6. The molecule has 3 rings (SSSR count). The number of carbonyl (C=O) groups is 1. The summed E-state index contributed by atoms with van der Waals surface area (Å²) < 4.78 is 146. The van der Waals surface area contributed by atoms with Crippen LogP contribution in [0, 0.1) is 5.82 Å². The molecule has 0 aliphatic heterocycles. The van der Waals surface area contributed by atoms with Crippen molar-refractivity contribution < 1.29 is 58.2 Å². The molecule has 2 atom stereocenters. The standard InChI is InChI=1S/C30H27F10NO3/c1-15(2)22-11-23(26(43-4)12-25(22)31)21-6-5-18(28(32,33)34)10-24(21)27(44-14-42)16(3)41-13-17-7-19(29(35,36)37)9-20(8-17)30(38,39)40/h5-12,14-16,27,41H,13H2,1-4H3/t16-,27+/m1/s1. The minimum Gasteiger partial charge on any atom is -0.496 e. The van der Waals surface area contributed by atoms with Crippen LogP contribution in [0.4, 0.5) is 43.9 Å². The van der Waals surface area contributed by atoms with E-state index < -0.39 is 65.3 Å². The fraction of sp³-hybridized carbons (Fsp3) is 0.367. The second-order valence-corrected chi connectivity index (χ2v) is 10.3. The molecule has 4 nitrogen and oxygen atoms in total. The number of carbonyl (C=O) groups excluding carboxylic acids is 1. The van der Waals surface area contributed by atoms with Crippen molar-refractivity contribution in [2.45, 2.75) is 63.9 Å². The van der Waals surface area contributed by atoms with Crippen LogP contribution in [0.25, 0.3) is 11.1 Å². The van der Waals surface area contributed by atoms with Gasteiger partial charge in [-0.15, -0.1) is 0 Å². The second kappa shape index (κ2) is 13.0. The monoisotopic (exact) mass is 639 g/mol. The molecule has 0 radical (unpaired) electrons. The van der Waals surface area contributed by atoms with Crippen LogP contribution in [-0.2, 0) is 34.6 Å². The molecule has 1 N–H and O–H groups in total. The quantitative estimate of drug-likeness (QED) is 0.178. The Morgan fingerprint density at radius 3 is 1.80 bits per heavy atom. The molecule has 0 amide bonds. The number of hydrogen-bond acceptors (Lipinski definition) is 4. The highest BCUT2D eigenvalue weighted by atomic mass is 19.4. The van der Waals surface area contributed by atoms with Crippen molar-refractivity contribution in [1.82, 2.24) is 5.32 Å². The van der Waals surface area contributed by atoms with Crippen LogP contribution in [0.2, 0.25) is 0 Å². The fourth-order valence-corrected chi connectivity index (χ4v) is 4.64. The predicted octanol–water partition coefficient (Wildman–Crippen LogP) is 9.07. The lowest BCUT2D eigenvalue weighted by atomic mass is 9.88. The van der Waals surface area contributed by atoms with Crippen LogP contribution in [0.15, 0.2) is 48.5 Å². The molecule has 0 spiro atoms. The van der Waals surface area contributed by atoms with Gasteiger partial charge in [-0.05, 0) is 65.9 Å². The van der Waals surface area contributed by atoms with Crippen LogP contribution in [0.1, 0.15) is 66.2 Å². The minimum atomic E-state index is -5.10. The van der Waals surface area contributed by atoms with Gasteiger partial charge >= 0.3 is 18.5 Å². The largest absolute Gasteiger partial charge is 0.496 e. The highest BCUT2D eigenvalue weighted by molar-refractivity contribution is 5.75. The third kappa shape index (κ3) is 8.01. The summed E-state index contributed by atoms with van der Waals surface area (Å²) in [6.45, 7) is 4.02. The first kappa shape index (κ1) is 34.7. The Kier molecular flexibility index (Phi) is 10.3. The molecule has 3 aromatic carbocycles. The van der Waals surface area contributed by atoms with E-state index in [0.717, 1.165) is 18.2 Å². The lowest BCUT2D eigenvalue weighted by Gasteiger charge is -2.28. The molecule has 0 fully saturated rings. The molecule has 0 saturated carbocycles. The summed E-state index contributed by atoms with van der Waals surface area (Å²) in [7, 11) is 1.21. The van der Waals surface area contributed by atoms with Crippen LogP contribution in [0.3, 0.4) is 0 Å². The van der Waals surface area contributed by atoms with E-state index in [4.69, 9.17) is 9.47 Å². The number of halogens is 10. The van der Waals surface area contributed by atoms with Crippen LogP contribution in [-0.4, -0.2) is 19.6 Å². The number of ether oxygens (including phenoxy) is 2. The Labute approximate surface area is 246 Å². The summed E-state index contributed by atoms with van der Waals surface area (Å²) in [4.78, 5) is 11.5. The Balaban J connectivity index is 2.14. The molecular formula is C30H27F10NO3. The molecule has 44 heavy (non-hydrogen) atoms. The van der Waals surface area contributed by atoms with Crippen molar-refractivity contribution >= 4 is 6.47 Å². The van der Waals surface area contributed by atoms with Gasteiger partial charge in [0.25, 0.3) is 6.47 Å². The lowest BCUT2D eigenvalue weighted by Crippen LogP contribution is -2.34. The average molecular weight is 640 g/mol. The number of benzene rings is 3. The van der Waals surface area contributed by atoms with Gasteiger partial charge in [0.1, 0.15) is 17.7 Å². The summed E-state index contributed by atoms with van der Waals surface area (Å²) in [5, 5.41) is 2.65. The van der Waals surface area contributed by atoms with Gasteiger partial charge in [-0.2, -0.15) is 39.5 Å². The highest BCUT2D eigenvalue weighted by Gasteiger charge is 2.37. The zero-order valence-electron chi connectivity index (χ0n) is 23.6. The molecule has 0 aromatic heterocycles. The van der Waals surface area contributed by atoms with Crippen LogP contribution >= 0.6 is 0 Å². The summed E-state index contributed by atoms with van der Waals surface area (Å²) in [5.41, 5.74) is -4.50. The number of hydrogen-bond donors (Lipinski definition) is 1. The summed E-state index contributed by atoms with van der Waals surface area (Å²) in [6, 6.07) is 4.75. The zero-order chi connectivity index (χ0) is 33.2. The van der Waals surface area contributed by atoms with Gasteiger partial charge in [0.2, 0.25) is 0 Å². The molecule has 0 bridgehead atoms. The first-order valence-corrected chi connectivity index (χ1v) is 13.0. The van der Waals surface area contributed by atoms with Gasteiger partial charge in [-0.1, -0.05) is 19.9 Å². The predicted molar refractivity (Wildman–Crippen MR) is 140 cm³/mol. The van der Waals surface area contributed by atoms with Gasteiger partial charge in [-0.25, -0.2) is 4.39 Å². The Morgan fingerprint density at radius 1 is 0.750 bits per heavy atom. The van der Waals surface area contributed by atoms with Crippen molar-refractivity contribution in [2.75, 3.05) is 7.11 Å². The smallest absolute Gasteiger partial charge is 0.416 e. The van der Waals surface area contributed by atoms with Gasteiger partial charge in [-0.3, -0.25) is 4.79 Å². The Hall–Kier alpha value is -3.81. The van der Waals surface area contributed by atoms with E-state index >= 15 is 0 Å². The Morgan fingerprint density at radius 2 is 1.32 bits per heavy atom. The van der Waals surface area contributed by atoms with E-state index in [2.05, 4.69) is 5.32 Å². The molecular weight excluding hydrogens is 612 g/mol. The molecule has 240 valence electrons. The van der Waals surface area contributed by atoms with E-state index in [9.17, 15) is 48.7 Å². The molecule has 3 aromatic rings. The molecule has 0 saturated heterocycles. The van der Waals surface area contributed by atoms with E-state index in [1.54, 1.807) is 13.8 Å². The normalized spacial score (nSPS) is 14.0. The number of alkyl halides is 9. The van der Waals surface area contributed by atoms with Crippen molar-refractivity contribution in [3.8, 4) is 16.9 Å². The maximum atomic E-state index is 14.7. The second-order valence-electron chi connectivity index (χ2n) is 10.3. The molecule has 0 aliphatic rings. The van der Waals surface area contributed by atoms with Crippen molar-refractivity contribution in [2.24, 2.45) is 0 Å². The third-order valence-electron chi connectivity index (χ3n) is 6.85. The highest BCUT2D eigenvalue weighted by Crippen LogP contribution is 2.42. The summed E-state index contributed by atoms with van der Waals surface area (Å²) >= 11 is 0. The molecule has 14 heteroatoms. The molecule has 0 unspecified atom stereocenters. The fourth-order valence-electron chi connectivity index (χ4n) is 4.64. The van der Waals surface area contributed by atoms with Crippen molar-refractivity contribution in [3.63, 3.8) is 0 Å². The maximum absolute atomic E-state index is 14.7. The number of methoxy groups -OCH3 is 1. The summed E-state index contributed by atoms with van der Waals surface area (Å²) in [5.74, 6) is -1.04. The topological polar surface area (TPSA) is 47.6 Å². The number of nitrogens with one attached hydrogen (secondary N) is 1. The van der Waals surface area contributed by atoms with E-state index in [1.807, 2.05) is 0 Å². The minimum absolute atomic E-state index is 0.0400.